The summed E-state index contributed by atoms with van der Waals surface area (Å²) in [5, 5.41) is 3.54. The molecule has 1 N–H and O–H groups in total. The van der Waals surface area contributed by atoms with Gasteiger partial charge in [-0.1, -0.05) is 32.5 Å². The number of nitrogens with one attached hydrogen (secondary N) is 1. The first-order valence-corrected chi connectivity index (χ1v) is 10.6. The van der Waals surface area contributed by atoms with Crippen LogP contribution in [-0.4, -0.2) is 42.6 Å². The summed E-state index contributed by atoms with van der Waals surface area (Å²) in [7, 11) is 2.98. The van der Waals surface area contributed by atoms with Crippen LogP contribution in [0.1, 0.15) is 52.9 Å². The Morgan fingerprint density at radius 1 is 1.38 bits per heavy atom. The molecular formula is C16H32NO2PS. The zero-order chi connectivity index (χ0) is 15.7. The van der Waals surface area contributed by atoms with Crippen LogP contribution >= 0.6 is 20.3 Å². The summed E-state index contributed by atoms with van der Waals surface area (Å²) in [5.74, 6) is 0.983. The van der Waals surface area contributed by atoms with Gasteiger partial charge in [-0.15, -0.1) is 8.58 Å². The maximum absolute atomic E-state index is 12.0. The highest BCUT2D eigenvalue weighted by atomic mass is 32.2. The van der Waals surface area contributed by atoms with E-state index in [2.05, 4.69) is 12.2 Å². The van der Waals surface area contributed by atoms with E-state index < -0.39 is 0 Å². The van der Waals surface area contributed by atoms with Gasteiger partial charge in [-0.3, -0.25) is 10.1 Å². The predicted octanol–water partition coefficient (Wildman–Crippen LogP) is 3.87. The molecule has 3 unspecified atom stereocenters. The van der Waals surface area contributed by atoms with E-state index in [0.717, 1.165) is 27.2 Å². The van der Waals surface area contributed by atoms with E-state index >= 15 is 0 Å². The molecule has 0 radical (unpaired) electrons. The Hall–Kier alpha value is 0.370. The Labute approximate surface area is 136 Å². The van der Waals surface area contributed by atoms with Crippen molar-refractivity contribution in [3.8, 4) is 0 Å². The summed E-state index contributed by atoms with van der Waals surface area (Å²) in [6.45, 7) is 6.18. The van der Waals surface area contributed by atoms with Crippen molar-refractivity contribution in [2.45, 2.75) is 65.2 Å². The van der Waals surface area contributed by atoms with Gasteiger partial charge < -0.3 is 4.74 Å². The van der Waals surface area contributed by atoms with Gasteiger partial charge in [-0.2, -0.15) is 0 Å². The van der Waals surface area contributed by atoms with Crippen LogP contribution < -0.4 is 5.32 Å². The molecule has 21 heavy (non-hydrogen) atoms. The molecule has 0 amide bonds. The third-order valence-electron chi connectivity index (χ3n) is 4.24. The quantitative estimate of drug-likeness (QED) is 0.486. The number of hydrogen-bond donors (Lipinski definition) is 1. The number of thioether (sulfide) groups is 1. The highest BCUT2D eigenvalue weighted by Gasteiger charge is 2.25. The van der Waals surface area contributed by atoms with Crippen molar-refractivity contribution in [1.29, 1.82) is 0 Å². The molecule has 1 heterocycles. The lowest BCUT2D eigenvalue weighted by atomic mass is 9.92. The van der Waals surface area contributed by atoms with Crippen molar-refractivity contribution in [2.24, 2.45) is 5.41 Å². The molecule has 3 atom stereocenters. The summed E-state index contributed by atoms with van der Waals surface area (Å²) in [6.07, 6.45) is 8.93. The first-order valence-electron chi connectivity index (χ1n) is 8.20. The normalized spacial score (nSPS) is 23.2. The average molecular weight is 333 g/mol. The lowest BCUT2D eigenvalue weighted by Gasteiger charge is -2.19. The minimum absolute atomic E-state index is 0.156. The van der Waals surface area contributed by atoms with Gasteiger partial charge in [0.15, 0.2) is 5.12 Å². The summed E-state index contributed by atoms with van der Waals surface area (Å²) in [6, 6.07) is 0. The molecule has 0 aromatic carbocycles. The summed E-state index contributed by atoms with van der Waals surface area (Å²) in [4.78, 5) is 12.0. The minimum atomic E-state index is -0.156. The first kappa shape index (κ1) is 19.4. The van der Waals surface area contributed by atoms with E-state index in [1.807, 2.05) is 20.9 Å². The minimum Gasteiger partial charge on any atom is -0.360 e. The molecule has 0 aliphatic carbocycles. The predicted molar refractivity (Wildman–Crippen MR) is 95.8 cm³/mol. The van der Waals surface area contributed by atoms with E-state index in [1.165, 1.54) is 43.3 Å². The Kier molecular flexibility index (Phi) is 9.43. The van der Waals surface area contributed by atoms with E-state index in [4.69, 9.17) is 4.74 Å². The lowest BCUT2D eigenvalue weighted by Crippen LogP contribution is -2.25. The second-order valence-corrected chi connectivity index (χ2v) is 8.95. The fraction of sp³-hybridized carbons (Fsp3) is 0.938. The molecule has 1 rings (SSSR count). The SMILES string of the molecule is CCC(C)(C)C(=O)SCCCPCCC1CCC(NC)O1. The van der Waals surface area contributed by atoms with Gasteiger partial charge in [0.25, 0.3) is 0 Å². The molecule has 0 saturated carbocycles. The first-order chi connectivity index (χ1) is 9.99. The Bertz CT molecular complexity index is 313. The lowest BCUT2D eigenvalue weighted by molar-refractivity contribution is -0.118. The third kappa shape index (κ3) is 7.45. The highest BCUT2D eigenvalue weighted by molar-refractivity contribution is 8.13. The molecule has 1 aliphatic rings. The van der Waals surface area contributed by atoms with Crippen molar-refractivity contribution in [3.63, 3.8) is 0 Å². The molecule has 1 fully saturated rings. The van der Waals surface area contributed by atoms with Crippen LogP contribution in [0.15, 0.2) is 0 Å². The highest BCUT2D eigenvalue weighted by Crippen LogP contribution is 2.28. The maximum Gasteiger partial charge on any atom is 0.194 e. The smallest absolute Gasteiger partial charge is 0.194 e. The van der Waals surface area contributed by atoms with Crippen LogP contribution in [0, 0.1) is 5.41 Å². The van der Waals surface area contributed by atoms with E-state index in [0.29, 0.717) is 11.2 Å². The topological polar surface area (TPSA) is 38.3 Å². The second kappa shape index (κ2) is 10.2. The van der Waals surface area contributed by atoms with Gasteiger partial charge in [0.2, 0.25) is 0 Å². The second-order valence-electron chi connectivity index (χ2n) is 6.38. The Morgan fingerprint density at radius 2 is 2.14 bits per heavy atom. The van der Waals surface area contributed by atoms with Crippen molar-refractivity contribution in [2.75, 3.05) is 25.1 Å². The number of ether oxygens (including phenoxy) is 1. The molecule has 1 saturated heterocycles. The molecule has 1 aliphatic heterocycles. The van der Waals surface area contributed by atoms with Crippen molar-refractivity contribution >= 4 is 25.5 Å². The number of rotatable bonds is 10. The fourth-order valence-electron chi connectivity index (χ4n) is 2.22. The summed E-state index contributed by atoms with van der Waals surface area (Å²) < 4.78 is 5.86. The van der Waals surface area contributed by atoms with Crippen molar-refractivity contribution in [1.82, 2.24) is 5.32 Å². The van der Waals surface area contributed by atoms with Crippen LogP contribution in [-0.2, 0) is 9.53 Å². The van der Waals surface area contributed by atoms with Gasteiger partial charge in [0.05, 0.1) is 6.10 Å². The van der Waals surface area contributed by atoms with Crippen LogP contribution in [0.2, 0.25) is 0 Å². The van der Waals surface area contributed by atoms with Crippen LogP contribution in [0.3, 0.4) is 0 Å². The number of hydrogen-bond acceptors (Lipinski definition) is 4. The van der Waals surface area contributed by atoms with Crippen molar-refractivity contribution in [3.05, 3.63) is 0 Å². The van der Waals surface area contributed by atoms with E-state index in [1.54, 1.807) is 0 Å². The molecule has 0 bridgehead atoms. The Morgan fingerprint density at radius 3 is 2.76 bits per heavy atom. The molecule has 124 valence electrons. The van der Waals surface area contributed by atoms with E-state index in [9.17, 15) is 4.79 Å². The zero-order valence-electron chi connectivity index (χ0n) is 14.0. The van der Waals surface area contributed by atoms with Gasteiger partial charge in [0.1, 0.15) is 6.23 Å². The number of carbonyl (C=O) groups is 1. The molecular weight excluding hydrogens is 301 g/mol. The summed E-state index contributed by atoms with van der Waals surface area (Å²) in [5.41, 5.74) is -0.156. The van der Waals surface area contributed by atoms with Gasteiger partial charge >= 0.3 is 0 Å². The van der Waals surface area contributed by atoms with Crippen LogP contribution in [0.4, 0.5) is 0 Å². The van der Waals surface area contributed by atoms with Crippen LogP contribution in [0.5, 0.6) is 0 Å². The van der Waals surface area contributed by atoms with E-state index in [-0.39, 0.29) is 11.6 Å². The monoisotopic (exact) mass is 333 g/mol. The maximum atomic E-state index is 12.0. The molecule has 0 aromatic rings. The largest absolute Gasteiger partial charge is 0.360 e. The Balaban J connectivity index is 1.95. The standard InChI is InChI=1S/C16H32NO2PS/c1-5-16(2,3)15(18)21-12-6-10-20-11-9-13-7-8-14(17-4)19-13/h13-14,17,20H,5-12H2,1-4H3. The number of carbonyl (C=O) groups excluding carboxylic acids is 1. The zero-order valence-corrected chi connectivity index (χ0v) is 15.9. The van der Waals surface area contributed by atoms with Crippen LogP contribution in [0.25, 0.3) is 0 Å². The van der Waals surface area contributed by atoms with Gasteiger partial charge in [-0.05, 0) is 51.5 Å². The van der Waals surface area contributed by atoms with Gasteiger partial charge in [-0.25, -0.2) is 0 Å². The molecule has 0 aromatic heterocycles. The summed E-state index contributed by atoms with van der Waals surface area (Å²) >= 11 is 1.53. The van der Waals surface area contributed by atoms with Crippen molar-refractivity contribution < 1.29 is 9.53 Å². The molecule has 3 nitrogen and oxygen atoms in total. The third-order valence-corrected chi connectivity index (χ3v) is 6.90. The average Bonchev–Trinajstić information content (AvgIpc) is 2.93. The fourth-order valence-corrected chi connectivity index (χ4v) is 4.69. The molecule has 5 heteroatoms. The van der Waals surface area contributed by atoms with Gasteiger partial charge in [0, 0.05) is 11.2 Å². The molecule has 0 spiro atoms.